The number of anilines is 1. The Morgan fingerprint density at radius 1 is 1.32 bits per heavy atom. The quantitative estimate of drug-likeness (QED) is 0.528. The van der Waals surface area contributed by atoms with Crippen molar-refractivity contribution in [3.05, 3.63) is 48.4 Å². The van der Waals surface area contributed by atoms with Gasteiger partial charge in [-0.1, -0.05) is 40.3 Å². The number of nitrogens with one attached hydrogen (secondary N) is 1. The summed E-state index contributed by atoms with van der Waals surface area (Å²) in [4.78, 5) is 21.3. The average molecular weight is 428 g/mol. The number of rotatable bonds is 12. The molecule has 0 spiro atoms. The lowest BCUT2D eigenvalue weighted by atomic mass is 10.1. The van der Waals surface area contributed by atoms with Crippen LogP contribution in [-0.4, -0.2) is 53.8 Å². The summed E-state index contributed by atoms with van der Waals surface area (Å²) in [6, 6.07) is 7.81. The number of amidine groups is 1. The molecule has 1 aromatic carbocycles. The van der Waals surface area contributed by atoms with E-state index in [9.17, 15) is 4.79 Å². The average Bonchev–Trinajstić information content (AvgIpc) is 3.07. The van der Waals surface area contributed by atoms with Crippen molar-refractivity contribution in [1.82, 2.24) is 9.80 Å². The van der Waals surface area contributed by atoms with Crippen LogP contribution in [0.15, 0.2) is 53.4 Å². The smallest absolute Gasteiger partial charge is 0.233 e. The lowest BCUT2D eigenvalue weighted by molar-refractivity contribution is -0.127. The first-order valence-electron chi connectivity index (χ1n) is 11.2. The molecule has 0 aliphatic carbocycles. The molecule has 1 aliphatic rings. The zero-order valence-electron chi connectivity index (χ0n) is 19.4. The fraction of sp³-hybridized carbons (Fsp3) is 0.500. The number of hydrogen-bond donors (Lipinski definition) is 2. The van der Waals surface area contributed by atoms with E-state index in [1.807, 2.05) is 24.3 Å². The van der Waals surface area contributed by atoms with Crippen LogP contribution in [0.4, 0.5) is 5.69 Å². The molecule has 31 heavy (non-hydrogen) atoms. The second kappa shape index (κ2) is 12.2. The zero-order chi connectivity index (χ0) is 22.8. The molecular formula is C24H37N5O2. The maximum atomic E-state index is 12.6. The normalized spacial score (nSPS) is 16.7. The van der Waals surface area contributed by atoms with E-state index >= 15 is 0 Å². The third-order valence-electron chi connectivity index (χ3n) is 5.57. The molecule has 0 unspecified atom stereocenters. The molecule has 1 aromatic rings. The lowest BCUT2D eigenvalue weighted by Crippen LogP contribution is -2.39. The maximum absolute atomic E-state index is 12.6. The molecule has 7 heteroatoms. The molecule has 0 saturated carbocycles. The number of likely N-dealkylation sites (N-methyl/N-ethyl adjacent to an activating group) is 1. The van der Waals surface area contributed by atoms with E-state index in [0.717, 1.165) is 49.5 Å². The number of likely N-dealkylation sites (tertiary alicyclic amines) is 1. The van der Waals surface area contributed by atoms with Crippen LogP contribution in [0, 0.1) is 0 Å². The van der Waals surface area contributed by atoms with E-state index in [4.69, 9.17) is 10.5 Å². The third kappa shape index (κ3) is 6.59. The first-order chi connectivity index (χ1) is 15.0. The highest BCUT2D eigenvalue weighted by Gasteiger charge is 2.35. The predicted molar refractivity (Wildman–Crippen MR) is 128 cm³/mol. The van der Waals surface area contributed by atoms with Gasteiger partial charge in [0.15, 0.2) is 0 Å². The van der Waals surface area contributed by atoms with E-state index in [-0.39, 0.29) is 18.4 Å². The Bertz CT molecular complexity index is 810. The fourth-order valence-electron chi connectivity index (χ4n) is 3.71. The van der Waals surface area contributed by atoms with Gasteiger partial charge in [0, 0.05) is 36.1 Å². The molecule has 1 heterocycles. The molecule has 0 bridgehead atoms. The fourth-order valence-corrected chi connectivity index (χ4v) is 3.71. The molecule has 0 radical (unpaired) electrons. The van der Waals surface area contributed by atoms with Gasteiger partial charge in [-0.3, -0.25) is 9.69 Å². The molecule has 1 aliphatic heterocycles. The summed E-state index contributed by atoms with van der Waals surface area (Å²) in [6.45, 7) is 16.0. The Morgan fingerprint density at radius 3 is 2.65 bits per heavy atom. The maximum Gasteiger partial charge on any atom is 0.233 e. The van der Waals surface area contributed by atoms with Crippen LogP contribution in [-0.2, 0) is 4.79 Å². The van der Waals surface area contributed by atoms with E-state index in [1.165, 1.54) is 6.20 Å². The van der Waals surface area contributed by atoms with E-state index in [1.54, 1.807) is 4.90 Å². The second-order valence-electron chi connectivity index (χ2n) is 7.51. The number of amides is 1. The number of benzene rings is 1. The van der Waals surface area contributed by atoms with Crippen molar-refractivity contribution in [2.24, 2.45) is 10.7 Å². The topological polar surface area (TPSA) is 83.2 Å². The van der Waals surface area contributed by atoms with Crippen LogP contribution < -0.4 is 15.8 Å². The number of nitrogens with two attached hydrogens (primary N) is 1. The van der Waals surface area contributed by atoms with E-state index in [0.29, 0.717) is 18.3 Å². The minimum atomic E-state index is 0.0283. The van der Waals surface area contributed by atoms with Gasteiger partial charge in [0.25, 0.3) is 0 Å². The van der Waals surface area contributed by atoms with Gasteiger partial charge in [-0.25, -0.2) is 4.99 Å². The Kier molecular flexibility index (Phi) is 9.59. The van der Waals surface area contributed by atoms with Gasteiger partial charge < -0.3 is 20.7 Å². The highest BCUT2D eigenvalue weighted by Crippen LogP contribution is 2.26. The summed E-state index contributed by atoms with van der Waals surface area (Å²) >= 11 is 0. The summed E-state index contributed by atoms with van der Waals surface area (Å²) in [5, 5.41) is 3.21. The Labute approximate surface area is 186 Å². The van der Waals surface area contributed by atoms with Crippen molar-refractivity contribution in [3.63, 3.8) is 0 Å². The molecule has 0 atom stereocenters. The first kappa shape index (κ1) is 24.5. The molecule has 2 rings (SSSR count). The number of carbonyl (C=O) groups excluding carboxylic acids is 1. The lowest BCUT2D eigenvalue weighted by Gasteiger charge is -2.26. The molecule has 170 valence electrons. The van der Waals surface area contributed by atoms with Crippen molar-refractivity contribution in [2.75, 3.05) is 31.6 Å². The Morgan fingerprint density at radius 2 is 2.03 bits per heavy atom. The van der Waals surface area contributed by atoms with Crippen molar-refractivity contribution < 1.29 is 9.53 Å². The van der Waals surface area contributed by atoms with Crippen LogP contribution in [0.3, 0.4) is 0 Å². The second-order valence-corrected chi connectivity index (χ2v) is 7.51. The molecular weight excluding hydrogens is 390 g/mol. The van der Waals surface area contributed by atoms with Gasteiger partial charge in [0.1, 0.15) is 24.0 Å². The van der Waals surface area contributed by atoms with Crippen molar-refractivity contribution in [3.8, 4) is 5.75 Å². The molecule has 1 fully saturated rings. The van der Waals surface area contributed by atoms with E-state index < -0.39 is 0 Å². The summed E-state index contributed by atoms with van der Waals surface area (Å²) in [7, 11) is 0. The standard InChI is InChI=1S/C24H37N5O2/c1-6-21(7-2)29-23(30)15-19(17-25)24(29)27-18(5)26-20-11-10-12-22(16-20)31-14-13-28(8-3)9-4/h10-12,16-17,21,26H,5-9,13-15,25H2,1-4H3/b19-17-,27-24+. The zero-order valence-corrected chi connectivity index (χ0v) is 19.4. The van der Waals surface area contributed by atoms with Gasteiger partial charge in [-0.15, -0.1) is 0 Å². The van der Waals surface area contributed by atoms with Gasteiger partial charge in [-0.05, 0) is 38.1 Å². The summed E-state index contributed by atoms with van der Waals surface area (Å²) in [5.41, 5.74) is 7.33. The molecule has 1 amide bonds. The predicted octanol–water partition coefficient (Wildman–Crippen LogP) is 3.95. The number of ether oxygens (including phenoxy) is 1. The monoisotopic (exact) mass is 427 g/mol. The van der Waals surface area contributed by atoms with Gasteiger partial charge in [0.05, 0.1) is 6.42 Å². The van der Waals surface area contributed by atoms with Crippen molar-refractivity contribution in [2.45, 2.75) is 53.0 Å². The Balaban J connectivity index is 2.09. The number of carbonyl (C=O) groups is 1. The van der Waals surface area contributed by atoms with Gasteiger partial charge in [-0.2, -0.15) is 0 Å². The first-order valence-corrected chi connectivity index (χ1v) is 11.2. The molecule has 1 saturated heterocycles. The summed E-state index contributed by atoms with van der Waals surface area (Å²) in [6.07, 6.45) is 3.45. The molecule has 0 aromatic heterocycles. The summed E-state index contributed by atoms with van der Waals surface area (Å²) in [5.74, 6) is 1.85. The van der Waals surface area contributed by atoms with Crippen LogP contribution in [0.1, 0.15) is 47.0 Å². The SMILES string of the molecule is C=C(/N=C1\C(=C/N)CC(=O)N1C(CC)CC)Nc1cccc(OCCN(CC)CC)c1. The number of hydrogen-bond acceptors (Lipinski definition) is 6. The summed E-state index contributed by atoms with van der Waals surface area (Å²) < 4.78 is 5.90. The highest BCUT2D eigenvalue weighted by atomic mass is 16.5. The molecule has 7 nitrogen and oxygen atoms in total. The Hall–Kier alpha value is -2.80. The largest absolute Gasteiger partial charge is 0.492 e. The van der Waals surface area contributed by atoms with Crippen LogP contribution in [0.25, 0.3) is 0 Å². The highest BCUT2D eigenvalue weighted by molar-refractivity contribution is 6.16. The minimum absolute atomic E-state index is 0.0283. The van der Waals surface area contributed by atoms with Crippen LogP contribution >= 0.6 is 0 Å². The van der Waals surface area contributed by atoms with Crippen molar-refractivity contribution >= 4 is 17.4 Å². The van der Waals surface area contributed by atoms with Crippen molar-refractivity contribution in [1.29, 1.82) is 0 Å². The molecule has 3 N–H and O–H groups in total. The number of aliphatic imine (C=N–C) groups is 1. The van der Waals surface area contributed by atoms with Gasteiger partial charge >= 0.3 is 0 Å². The van der Waals surface area contributed by atoms with Gasteiger partial charge in [0.2, 0.25) is 5.91 Å². The van der Waals surface area contributed by atoms with Crippen LogP contribution in [0.5, 0.6) is 5.75 Å². The third-order valence-corrected chi connectivity index (χ3v) is 5.57. The van der Waals surface area contributed by atoms with E-state index in [2.05, 4.69) is 49.5 Å². The number of nitrogens with zero attached hydrogens (tertiary/aromatic N) is 3. The minimum Gasteiger partial charge on any atom is -0.492 e. The van der Waals surface area contributed by atoms with Crippen LogP contribution in [0.2, 0.25) is 0 Å².